The number of aliphatic carboxylic acids is 1. The molecule has 0 amide bonds. The zero-order valence-electron chi connectivity index (χ0n) is 25.1. The molecule has 6 aromatic rings. The molecule has 226 valence electrons. The number of methoxy groups -OCH3 is 1. The zero-order valence-corrected chi connectivity index (χ0v) is 25.1. The number of rotatable bonds is 9. The van der Waals surface area contributed by atoms with Crippen molar-refractivity contribution < 1.29 is 23.8 Å². The fraction of sp³-hybridized carbons (Fsp3) is 0.222. The van der Waals surface area contributed by atoms with Gasteiger partial charge in [0, 0.05) is 40.8 Å². The van der Waals surface area contributed by atoms with Crippen molar-refractivity contribution in [2.75, 3.05) is 7.11 Å². The minimum Gasteiger partial charge on any atom is -0.487 e. The Morgan fingerprint density at radius 3 is 2.51 bits per heavy atom. The quantitative estimate of drug-likeness (QED) is 0.186. The lowest BCUT2D eigenvalue weighted by atomic mass is 10.0. The summed E-state index contributed by atoms with van der Waals surface area (Å²) < 4.78 is 28.8. The van der Waals surface area contributed by atoms with E-state index in [1.807, 2.05) is 85.1 Å². The Balaban J connectivity index is 1.20. The average molecular weight is 603 g/mol. The summed E-state index contributed by atoms with van der Waals surface area (Å²) in [5.74, 6) is -0.417. The fourth-order valence-corrected chi connectivity index (χ4v) is 6.25. The van der Waals surface area contributed by atoms with Gasteiger partial charge in [-0.05, 0) is 47.4 Å². The number of carboxylic acid groups (broad SMARTS) is 1. The molecule has 3 aromatic carbocycles. The predicted molar refractivity (Wildman–Crippen MR) is 169 cm³/mol. The first-order valence-corrected chi connectivity index (χ1v) is 14.7. The van der Waals surface area contributed by atoms with Gasteiger partial charge in [0.25, 0.3) is 0 Å². The van der Waals surface area contributed by atoms with Crippen molar-refractivity contribution in [3.05, 3.63) is 114 Å². The van der Waals surface area contributed by atoms with E-state index in [2.05, 4.69) is 9.97 Å². The topological polar surface area (TPSA) is 99.4 Å². The van der Waals surface area contributed by atoms with Crippen LogP contribution in [0.25, 0.3) is 33.1 Å². The predicted octanol–water partition coefficient (Wildman–Crippen LogP) is 7.25. The van der Waals surface area contributed by atoms with Crippen molar-refractivity contribution in [2.45, 2.75) is 32.9 Å². The van der Waals surface area contributed by atoms with Crippen LogP contribution < -0.4 is 9.47 Å². The maximum atomic E-state index is 15.6. The molecule has 3 heterocycles. The van der Waals surface area contributed by atoms with Crippen molar-refractivity contribution in [1.82, 2.24) is 19.5 Å². The Morgan fingerprint density at radius 2 is 1.78 bits per heavy atom. The molecule has 1 aliphatic rings. The number of nitrogens with zero attached hydrogens (tertiary/aromatic N) is 4. The number of carbonyl (C=O) groups is 1. The number of carboxylic acids is 1. The Bertz CT molecular complexity index is 2070. The molecular weight excluding hydrogens is 571 g/mol. The summed E-state index contributed by atoms with van der Waals surface area (Å²) in [5.41, 5.74) is 4.57. The molecule has 8 nitrogen and oxygen atoms in total. The Labute approximate surface area is 259 Å². The van der Waals surface area contributed by atoms with Gasteiger partial charge in [0.2, 0.25) is 5.88 Å². The number of aromatic nitrogens is 4. The minimum atomic E-state index is -0.862. The number of hydrogen-bond donors (Lipinski definition) is 1. The standard InChI is InChI=1S/C36H31FN4O4/c1-36(2)32(33(36)35(42)43)34-40-29-17-26(45-20-25-12-10-21-6-4-5-7-28(21)39-25)13-14-30(29)41(34)19-24-9-8-22(16-27(24)37)23-11-15-31(44-3)38-18-23/h4-18,32-33H,19-20H2,1-3H3,(H,42,43). The van der Waals surface area contributed by atoms with E-state index < -0.39 is 17.3 Å². The summed E-state index contributed by atoms with van der Waals surface area (Å²) in [5, 5.41) is 11.0. The van der Waals surface area contributed by atoms with Crippen molar-refractivity contribution in [2.24, 2.45) is 11.3 Å². The number of imidazole rings is 1. The third-order valence-corrected chi connectivity index (χ3v) is 8.82. The summed E-state index contributed by atoms with van der Waals surface area (Å²) in [6.07, 6.45) is 1.64. The van der Waals surface area contributed by atoms with E-state index in [1.165, 1.54) is 6.07 Å². The van der Waals surface area contributed by atoms with Gasteiger partial charge in [-0.25, -0.2) is 19.3 Å². The molecule has 0 radical (unpaired) electrons. The third kappa shape index (κ3) is 5.24. The number of benzene rings is 3. The van der Waals surface area contributed by atoms with E-state index in [-0.39, 0.29) is 24.9 Å². The molecule has 0 saturated heterocycles. The van der Waals surface area contributed by atoms with Crippen LogP contribution in [0.15, 0.2) is 91.1 Å². The highest BCUT2D eigenvalue weighted by atomic mass is 19.1. The number of pyridine rings is 2. The molecule has 1 fully saturated rings. The maximum Gasteiger partial charge on any atom is 0.307 e. The normalized spacial score (nSPS) is 17.0. The molecule has 1 aliphatic carbocycles. The van der Waals surface area contributed by atoms with Gasteiger partial charge in [-0.3, -0.25) is 4.79 Å². The van der Waals surface area contributed by atoms with Crippen LogP contribution in [-0.4, -0.2) is 37.7 Å². The fourth-order valence-electron chi connectivity index (χ4n) is 6.25. The van der Waals surface area contributed by atoms with Crippen LogP contribution in [0.4, 0.5) is 4.39 Å². The highest BCUT2D eigenvalue weighted by Gasteiger charge is 2.64. The van der Waals surface area contributed by atoms with Crippen LogP contribution in [0.2, 0.25) is 0 Å². The Hall–Kier alpha value is -5.31. The minimum absolute atomic E-state index is 0.193. The molecular formula is C36H31FN4O4. The average Bonchev–Trinajstić information content (AvgIpc) is 3.47. The monoisotopic (exact) mass is 602 g/mol. The van der Waals surface area contributed by atoms with Crippen molar-refractivity contribution in [3.63, 3.8) is 0 Å². The van der Waals surface area contributed by atoms with Gasteiger partial charge in [-0.1, -0.05) is 50.2 Å². The van der Waals surface area contributed by atoms with E-state index in [1.54, 1.807) is 25.4 Å². The molecule has 2 atom stereocenters. The smallest absolute Gasteiger partial charge is 0.307 e. The van der Waals surface area contributed by atoms with Crippen LogP contribution in [-0.2, 0) is 17.9 Å². The van der Waals surface area contributed by atoms with Crippen molar-refractivity contribution >= 4 is 27.9 Å². The van der Waals surface area contributed by atoms with Crippen molar-refractivity contribution in [3.8, 4) is 22.8 Å². The largest absolute Gasteiger partial charge is 0.487 e. The second-order valence-corrected chi connectivity index (χ2v) is 12.0. The summed E-state index contributed by atoms with van der Waals surface area (Å²) in [7, 11) is 1.55. The SMILES string of the molecule is COc1ccc(-c2ccc(Cn3c(C4C(C(=O)O)C4(C)C)nc4cc(OCc5ccc6ccccc6n5)ccc43)c(F)c2)cn1. The van der Waals surface area contributed by atoms with Crippen LogP contribution >= 0.6 is 0 Å². The van der Waals surface area contributed by atoms with E-state index in [9.17, 15) is 9.90 Å². The number of ether oxygens (including phenoxy) is 2. The van der Waals surface area contributed by atoms with Gasteiger partial charge in [-0.2, -0.15) is 0 Å². The lowest BCUT2D eigenvalue weighted by molar-refractivity contribution is -0.139. The van der Waals surface area contributed by atoms with Crippen LogP contribution in [0.1, 0.15) is 36.8 Å². The van der Waals surface area contributed by atoms with Crippen LogP contribution in [0.5, 0.6) is 11.6 Å². The van der Waals surface area contributed by atoms with Gasteiger partial charge >= 0.3 is 5.97 Å². The summed E-state index contributed by atoms with van der Waals surface area (Å²) >= 11 is 0. The lowest BCUT2D eigenvalue weighted by Gasteiger charge is -2.13. The molecule has 0 bridgehead atoms. The zero-order chi connectivity index (χ0) is 31.3. The van der Waals surface area contributed by atoms with Crippen molar-refractivity contribution in [1.29, 1.82) is 0 Å². The van der Waals surface area contributed by atoms with E-state index >= 15 is 4.39 Å². The molecule has 2 unspecified atom stereocenters. The first kappa shape index (κ1) is 28.5. The second-order valence-electron chi connectivity index (χ2n) is 12.0. The summed E-state index contributed by atoms with van der Waals surface area (Å²) in [6.45, 7) is 4.34. The number of fused-ring (bicyclic) bond motifs is 2. The van der Waals surface area contributed by atoms with E-state index in [0.29, 0.717) is 34.1 Å². The third-order valence-electron chi connectivity index (χ3n) is 8.82. The van der Waals surface area contributed by atoms with Gasteiger partial charge in [0.15, 0.2) is 0 Å². The Kier molecular flexibility index (Phi) is 6.96. The van der Waals surface area contributed by atoms with E-state index in [4.69, 9.17) is 14.5 Å². The Morgan fingerprint density at radius 1 is 0.956 bits per heavy atom. The molecule has 0 aliphatic heterocycles. The van der Waals surface area contributed by atoms with Crippen LogP contribution in [0.3, 0.4) is 0 Å². The lowest BCUT2D eigenvalue weighted by Crippen LogP contribution is -2.08. The first-order valence-electron chi connectivity index (χ1n) is 14.7. The van der Waals surface area contributed by atoms with Gasteiger partial charge in [0.1, 0.15) is 24.0 Å². The van der Waals surface area contributed by atoms with Gasteiger partial charge in [-0.15, -0.1) is 0 Å². The van der Waals surface area contributed by atoms with Gasteiger partial charge < -0.3 is 19.1 Å². The van der Waals surface area contributed by atoms with Crippen LogP contribution in [0, 0.1) is 17.2 Å². The maximum absolute atomic E-state index is 15.6. The molecule has 0 spiro atoms. The number of halogens is 1. The molecule has 45 heavy (non-hydrogen) atoms. The van der Waals surface area contributed by atoms with Gasteiger partial charge in [0.05, 0.1) is 41.8 Å². The summed E-state index contributed by atoms with van der Waals surface area (Å²) in [4.78, 5) is 26.0. The molecule has 9 heteroatoms. The number of para-hydroxylation sites is 1. The second kappa shape index (κ2) is 11.0. The highest BCUT2D eigenvalue weighted by Crippen LogP contribution is 2.64. The molecule has 1 N–H and O–H groups in total. The molecule has 7 rings (SSSR count). The van der Waals surface area contributed by atoms with E-state index in [0.717, 1.165) is 27.7 Å². The number of hydrogen-bond acceptors (Lipinski definition) is 6. The summed E-state index contributed by atoms with van der Waals surface area (Å²) in [6, 6.07) is 26.2. The molecule has 3 aromatic heterocycles. The molecule has 1 saturated carbocycles. The highest BCUT2D eigenvalue weighted by molar-refractivity contribution is 5.81. The first-order chi connectivity index (χ1) is 21.7.